The predicted molar refractivity (Wildman–Crippen MR) is 67.8 cm³/mol. The zero-order valence-electron chi connectivity index (χ0n) is 10.1. The molecule has 2 heterocycles. The van der Waals surface area contributed by atoms with Crippen molar-refractivity contribution in [3.63, 3.8) is 0 Å². The summed E-state index contributed by atoms with van der Waals surface area (Å²) in [5.41, 5.74) is 0.657. The van der Waals surface area contributed by atoms with E-state index in [-0.39, 0.29) is 6.42 Å². The topological polar surface area (TPSA) is 56.7 Å². The minimum atomic E-state index is -0.825. The monoisotopic (exact) mass is 255 g/mol. The van der Waals surface area contributed by atoms with Gasteiger partial charge in [-0.2, -0.15) is 0 Å². The van der Waals surface area contributed by atoms with Gasteiger partial charge in [-0.1, -0.05) is 0 Å². The van der Waals surface area contributed by atoms with Crippen molar-refractivity contribution < 1.29 is 9.90 Å². The van der Waals surface area contributed by atoms with E-state index < -0.39 is 5.97 Å². The maximum Gasteiger partial charge on any atom is 0.309 e. The molecule has 0 aliphatic carbocycles. The molecule has 1 aliphatic rings. The molecule has 0 radical (unpaired) electrons. The lowest BCUT2D eigenvalue weighted by atomic mass is 10.2. The molecule has 0 saturated carbocycles. The van der Waals surface area contributed by atoms with Crippen molar-refractivity contribution in [1.82, 2.24) is 9.88 Å². The molecule has 94 valence electrons. The van der Waals surface area contributed by atoms with Gasteiger partial charge in [-0.15, -0.1) is 11.3 Å². The van der Waals surface area contributed by atoms with Crippen LogP contribution in [-0.4, -0.2) is 53.7 Å². The Balaban J connectivity index is 2.02. The highest BCUT2D eigenvalue weighted by Gasteiger charge is 2.22. The van der Waals surface area contributed by atoms with Gasteiger partial charge in [-0.25, -0.2) is 4.98 Å². The zero-order chi connectivity index (χ0) is 12.4. The molecule has 1 saturated heterocycles. The van der Waals surface area contributed by atoms with Crippen LogP contribution in [0.4, 0.5) is 5.13 Å². The average molecular weight is 255 g/mol. The standard InChI is InChI=1S/C11H17N3O2S/c1-8-6-14(4-3-13(8)2)11-12-9(7-17-11)5-10(15)16/h7-8H,3-6H2,1-2H3,(H,15,16). The summed E-state index contributed by atoms with van der Waals surface area (Å²) in [5, 5.41) is 11.5. The normalized spacial score (nSPS) is 21.8. The van der Waals surface area contributed by atoms with Crippen molar-refractivity contribution in [1.29, 1.82) is 0 Å². The highest BCUT2D eigenvalue weighted by atomic mass is 32.1. The number of carboxylic acid groups (broad SMARTS) is 1. The fourth-order valence-electron chi connectivity index (χ4n) is 1.90. The Bertz CT molecular complexity index is 407. The van der Waals surface area contributed by atoms with Crippen LogP contribution in [0.3, 0.4) is 0 Å². The fraction of sp³-hybridized carbons (Fsp3) is 0.636. The molecule has 0 spiro atoms. The van der Waals surface area contributed by atoms with Crippen molar-refractivity contribution in [3.05, 3.63) is 11.1 Å². The maximum absolute atomic E-state index is 10.6. The maximum atomic E-state index is 10.6. The first-order valence-corrected chi connectivity index (χ1v) is 6.55. The van der Waals surface area contributed by atoms with Gasteiger partial charge in [0.2, 0.25) is 0 Å². The molecule has 1 aliphatic heterocycles. The molecule has 1 unspecified atom stereocenters. The number of carboxylic acids is 1. The number of rotatable bonds is 3. The van der Waals surface area contributed by atoms with Crippen molar-refractivity contribution >= 4 is 22.4 Å². The van der Waals surface area contributed by atoms with E-state index >= 15 is 0 Å². The molecule has 1 aromatic rings. The number of nitrogens with zero attached hydrogens (tertiary/aromatic N) is 3. The van der Waals surface area contributed by atoms with E-state index in [1.165, 1.54) is 11.3 Å². The molecular formula is C11H17N3O2S. The first-order chi connectivity index (χ1) is 8.06. The van der Waals surface area contributed by atoms with Crippen LogP contribution in [0.5, 0.6) is 0 Å². The molecule has 0 aromatic carbocycles. The Kier molecular flexibility index (Phi) is 3.63. The number of hydrogen-bond acceptors (Lipinski definition) is 5. The minimum absolute atomic E-state index is 0.0137. The van der Waals surface area contributed by atoms with Gasteiger partial charge < -0.3 is 14.9 Å². The van der Waals surface area contributed by atoms with Gasteiger partial charge in [0.05, 0.1) is 12.1 Å². The molecule has 0 bridgehead atoms. The number of piperazine rings is 1. The van der Waals surface area contributed by atoms with Crippen LogP contribution in [0.2, 0.25) is 0 Å². The van der Waals surface area contributed by atoms with Crippen LogP contribution >= 0.6 is 11.3 Å². The third kappa shape index (κ3) is 2.95. The van der Waals surface area contributed by atoms with Gasteiger partial charge in [0.1, 0.15) is 0 Å². The molecule has 6 heteroatoms. The summed E-state index contributed by atoms with van der Waals surface area (Å²) in [6.45, 7) is 5.13. The van der Waals surface area contributed by atoms with Crippen molar-refractivity contribution in [3.8, 4) is 0 Å². The summed E-state index contributed by atoms with van der Waals surface area (Å²) in [6.07, 6.45) is 0.0137. The lowest BCUT2D eigenvalue weighted by Gasteiger charge is -2.37. The predicted octanol–water partition coefficient (Wildman–Crippen LogP) is 0.910. The Morgan fingerprint density at radius 1 is 1.65 bits per heavy atom. The summed E-state index contributed by atoms with van der Waals surface area (Å²) < 4.78 is 0. The van der Waals surface area contributed by atoms with Crippen molar-refractivity contribution in [2.24, 2.45) is 0 Å². The second kappa shape index (κ2) is 5.01. The van der Waals surface area contributed by atoms with Gasteiger partial charge in [0.15, 0.2) is 5.13 Å². The highest BCUT2D eigenvalue weighted by Crippen LogP contribution is 2.23. The van der Waals surface area contributed by atoms with Crippen molar-refractivity contribution in [2.75, 3.05) is 31.6 Å². The van der Waals surface area contributed by atoms with E-state index in [0.29, 0.717) is 11.7 Å². The third-order valence-corrected chi connectivity index (χ3v) is 4.05. The minimum Gasteiger partial charge on any atom is -0.481 e. The van der Waals surface area contributed by atoms with E-state index in [1.54, 1.807) is 0 Å². The average Bonchev–Trinajstić information content (AvgIpc) is 2.69. The Morgan fingerprint density at radius 3 is 3.06 bits per heavy atom. The number of likely N-dealkylation sites (N-methyl/N-ethyl adjacent to an activating group) is 1. The SMILES string of the molecule is CC1CN(c2nc(CC(=O)O)cs2)CCN1C. The molecular weight excluding hydrogens is 238 g/mol. The van der Waals surface area contributed by atoms with Crippen LogP contribution in [0, 0.1) is 0 Å². The summed E-state index contributed by atoms with van der Waals surface area (Å²) in [7, 11) is 2.12. The Hall–Kier alpha value is -1.14. The van der Waals surface area contributed by atoms with Crippen LogP contribution < -0.4 is 4.90 Å². The summed E-state index contributed by atoms with van der Waals surface area (Å²) in [6, 6.07) is 0.510. The Morgan fingerprint density at radius 2 is 2.41 bits per heavy atom. The smallest absolute Gasteiger partial charge is 0.309 e. The number of thiazole rings is 1. The second-order valence-electron chi connectivity index (χ2n) is 4.47. The first-order valence-electron chi connectivity index (χ1n) is 5.67. The number of hydrogen-bond donors (Lipinski definition) is 1. The molecule has 2 rings (SSSR count). The number of aromatic nitrogens is 1. The summed E-state index contributed by atoms with van der Waals surface area (Å²) in [4.78, 5) is 19.5. The van der Waals surface area contributed by atoms with Crippen LogP contribution in [0.1, 0.15) is 12.6 Å². The number of carbonyl (C=O) groups is 1. The lowest BCUT2D eigenvalue weighted by molar-refractivity contribution is -0.136. The summed E-state index contributed by atoms with van der Waals surface area (Å²) >= 11 is 1.53. The lowest BCUT2D eigenvalue weighted by Crippen LogP contribution is -2.50. The van der Waals surface area contributed by atoms with Gasteiger partial charge in [0.25, 0.3) is 0 Å². The van der Waals surface area contributed by atoms with Gasteiger partial charge in [-0.05, 0) is 14.0 Å². The van der Waals surface area contributed by atoms with Crippen LogP contribution in [0.25, 0.3) is 0 Å². The van der Waals surface area contributed by atoms with E-state index in [2.05, 4.69) is 28.8 Å². The van der Waals surface area contributed by atoms with Crippen LogP contribution in [-0.2, 0) is 11.2 Å². The quantitative estimate of drug-likeness (QED) is 0.870. The van der Waals surface area contributed by atoms with Crippen LogP contribution in [0.15, 0.2) is 5.38 Å². The van der Waals surface area contributed by atoms with Crippen molar-refractivity contribution in [2.45, 2.75) is 19.4 Å². The number of aliphatic carboxylic acids is 1. The molecule has 1 atom stereocenters. The van der Waals surface area contributed by atoms with E-state index in [4.69, 9.17) is 5.11 Å². The first kappa shape index (κ1) is 12.3. The van der Waals surface area contributed by atoms with Gasteiger partial charge in [-0.3, -0.25) is 4.79 Å². The summed E-state index contributed by atoms with van der Waals surface area (Å²) in [5.74, 6) is -0.825. The molecule has 1 fully saturated rings. The Labute approximate surface area is 105 Å². The third-order valence-electron chi connectivity index (χ3n) is 3.10. The van der Waals surface area contributed by atoms with Gasteiger partial charge in [0, 0.05) is 31.1 Å². The molecule has 1 aromatic heterocycles. The second-order valence-corrected chi connectivity index (χ2v) is 5.30. The molecule has 17 heavy (non-hydrogen) atoms. The van der Waals surface area contributed by atoms with E-state index in [9.17, 15) is 4.79 Å². The van der Waals surface area contributed by atoms with E-state index in [0.717, 1.165) is 24.8 Å². The number of anilines is 1. The largest absolute Gasteiger partial charge is 0.481 e. The van der Waals surface area contributed by atoms with Gasteiger partial charge >= 0.3 is 5.97 Å². The molecule has 0 amide bonds. The fourth-order valence-corrected chi connectivity index (χ4v) is 2.76. The zero-order valence-corrected chi connectivity index (χ0v) is 10.9. The highest BCUT2D eigenvalue weighted by molar-refractivity contribution is 7.13. The van der Waals surface area contributed by atoms with E-state index in [1.807, 2.05) is 5.38 Å². The molecule has 5 nitrogen and oxygen atoms in total. The molecule has 1 N–H and O–H groups in total.